The minimum atomic E-state index is -0.808. The summed E-state index contributed by atoms with van der Waals surface area (Å²) in [4.78, 5) is 0. The molecule has 14 heavy (non-hydrogen) atoms. The van der Waals surface area contributed by atoms with Crippen LogP contribution in [0.5, 0.6) is 0 Å². The van der Waals surface area contributed by atoms with E-state index in [1.807, 2.05) is 0 Å². The maximum Gasteiger partial charge on any atom is 0.117 e. The molecule has 0 spiro atoms. The van der Waals surface area contributed by atoms with Crippen LogP contribution in [0.25, 0.3) is 0 Å². The first-order chi connectivity index (χ1) is 6.83. The zero-order valence-corrected chi connectivity index (χ0v) is 11.8. The second-order valence-corrected chi connectivity index (χ2v) is 12.7. The van der Waals surface area contributed by atoms with E-state index in [0.717, 1.165) is 0 Å². The zero-order chi connectivity index (χ0) is 10.3. The Hall–Kier alpha value is 0.567. The van der Waals surface area contributed by atoms with Gasteiger partial charge >= 0.3 is 0 Å². The van der Waals surface area contributed by atoms with Gasteiger partial charge in [0.2, 0.25) is 0 Å². The second kappa shape index (κ2) is 6.94. The van der Waals surface area contributed by atoms with Gasteiger partial charge in [0.1, 0.15) is 7.22 Å². The minimum Gasteiger partial charge on any atom is -0.185 e. The summed E-state index contributed by atoms with van der Waals surface area (Å²) in [6.07, 6.45) is 8.86. The summed E-state index contributed by atoms with van der Waals surface area (Å²) >= 11 is 2.43. The van der Waals surface area contributed by atoms with E-state index >= 15 is 0 Å². The standard InChI is InChI=1S/C12H26SSi/c1-3-5-10-14(11-6-4-2)12-8-7-9-13-14/h3-12H2,1-2H3. The van der Waals surface area contributed by atoms with Gasteiger partial charge in [-0.1, -0.05) is 46.0 Å². The largest absolute Gasteiger partial charge is 0.185 e. The number of hydrogen-bond acceptors (Lipinski definition) is 1. The lowest BCUT2D eigenvalue weighted by Gasteiger charge is -2.34. The molecule has 1 heterocycles. The molecule has 0 saturated carbocycles. The molecule has 1 aliphatic rings. The highest BCUT2D eigenvalue weighted by Gasteiger charge is 2.33. The predicted octanol–water partition coefficient (Wildman–Crippen LogP) is 5.06. The molecule has 0 N–H and O–H groups in total. The minimum absolute atomic E-state index is 0.808. The molecule has 0 atom stereocenters. The number of hydrogen-bond donors (Lipinski definition) is 0. The van der Waals surface area contributed by atoms with Crippen LogP contribution < -0.4 is 0 Å². The highest BCUT2D eigenvalue weighted by Crippen LogP contribution is 2.41. The molecular weight excluding hydrogens is 204 g/mol. The molecule has 0 aromatic rings. The molecule has 0 amide bonds. The Balaban J connectivity index is 2.39. The smallest absolute Gasteiger partial charge is 0.117 e. The second-order valence-electron chi connectivity index (χ2n) is 4.70. The fourth-order valence-electron chi connectivity index (χ4n) is 2.43. The van der Waals surface area contributed by atoms with Gasteiger partial charge in [-0.25, -0.2) is 0 Å². The van der Waals surface area contributed by atoms with Crippen LogP contribution in [0.1, 0.15) is 52.4 Å². The first kappa shape index (κ1) is 12.6. The van der Waals surface area contributed by atoms with Gasteiger partial charge in [0.15, 0.2) is 0 Å². The highest BCUT2D eigenvalue weighted by atomic mass is 32.4. The first-order valence-corrected chi connectivity index (χ1v) is 10.8. The Kier molecular flexibility index (Phi) is 6.27. The summed E-state index contributed by atoms with van der Waals surface area (Å²) in [6, 6.07) is 4.88. The lowest BCUT2D eigenvalue weighted by atomic mass is 10.4. The maximum absolute atomic E-state index is 2.43. The van der Waals surface area contributed by atoms with Crippen LogP contribution in [0.4, 0.5) is 0 Å². The average Bonchev–Trinajstić information content (AvgIpc) is 2.25. The van der Waals surface area contributed by atoms with Crippen molar-refractivity contribution < 1.29 is 0 Å². The van der Waals surface area contributed by atoms with Crippen LogP contribution in [0, 0.1) is 0 Å². The van der Waals surface area contributed by atoms with Crippen molar-refractivity contribution in [2.45, 2.75) is 70.5 Å². The van der Waals surface area contributed by atoms with Gasteiger partial charge in [0, 0.05) is 0 Å². The molecule has 84 valence electrons. The molecule has 0 aliphatic carbocycles. The van der Waals surface area contributed by atoms with Crippen molar-refractivity contribution >= 4 is 18.4 Å². The third-order valence-corrected chi connectivity index (χ3v) is 12.6. The molecule has 1 rings (SSSR count). The Morgan fingerprint density at radius 2 is 1.64 bits per heavy atom. The van der Waals surface area contributed by atoms with Crippen molar-refractivity contribution in [1.82, 2.24) is 0 Å². The molecule has 2 heteroatoms. The topological polar surface area (TPSA) is 0 Å². The third-order valence-electron chi connectivity index (χ3n) is 3.41. The van der Waals surface area contributed by atoms with Gasteiger partial charge in [0.25, 0.3) is 0 Å². The van der Waals surface area contributed by atoms with E-state index in [1.165, 1.54) is 37.9 Å². The molecule has 0 radical (unpaired) electrons. The van der Waals surface area contributed by atoms with E-state index in [0.29, 0.717) is 0 Å². The molecule has 1 aliphatic heterocycles. The molecule has 0 aromatic heterocycles. The van der Waals surface area contributed by atoms with Crippen molar-refractivity contribution in [2.24, 2.45) is 0 Å². The Morgan fingerprint density at radius 3 is 2.07 bits per heavy atom. The molecule has 0 aromatic carbocycles. The van der Waals surface area contributed by atoms with Crippen molar-refractivity contribution in [1.29, 1.82) is 0 Å². The van der Waals surface area contributed by atoms with Gasteiger partial charge in [-0.05, 0) is 30.3 Å². The Labute approximate surface area is 94.9 Å². The summed E-state index contributed by atoms with van der Waals surface area (Å²) in [5.74, 6) is 1.49. The number of rotatable bonds is 6. The lowest BCUT2D eigenvalue weighted by Crippen LogP contribution is -2.33. The predicted molar refractivity (Wildman–Crippen MR) is 71.7 cm³/mol. The van der Waals surface area contributed by atoms with E-state index in [1.54, 1.807) is 24.6 Å². The van der Waals surface area contributed by atoms with Gasteiger partial charge < -0.3 is 0 Å². The van der Waals surface area contributed by atoms with Crippen LogP contribution in [0.3, 0.4) is 0 Å². The van der Waals surface area contributed by atoms with Crippen LogP contribution in [0.2, 0.25) is 18.1 Å². The summed E-state index contributed by atoms with van der Waals surface area (Å²) < 4.78 is 0. The highest BCUT2D eigenvalue weighted by molar-refractivity contribution is 8.29. The monoisotopic (exact) mass is 230 g/mol. The molecule has 0 nitrogen and oxygen atoms in total. The molecular formula is C12H26SSi. The van der Waals surface area contributed by atoms with Crippen molar-refractivity contribution in [3.8, 4) is 0 Å². The third kappa shape index (κ3) is 3.97. The van der Waals surface area contributed by atoms with E-state index < -0.39 is 7.22 Å². The molecule has 1 fully saturated rings. The first-order valence-electron chi connectivity index (χ1n) is 6.47. The fourth-order valence-corrected chi connectivity index (χ4v) is 11.6. The van der Waals surface area contributed by atoms with Crippen LogP contribution in [-0.4, -0.2) is 13.0 Å². The van der Waals surface area contributed by atoms with Gasteiger partial charge in [0.05, 0.1) is 0 Å². The normalized spacial score (nSPS) is 21.0. The lowest BCUT2D eigenvalue weighted by molar-refractivity contribution is 0.802. The van der Waals surface area contributed by atoms with Crippen LogP contribution in [-0.2, 0) is 0 Å². The van der Waals surface area contributed by atoms with Crippen LogP contribution >= 0.6 is 11.2 Å². The van der Waals surface area contributed by atoms with Gasteiger partial charge in [-0.15, -0.1) is 0 Å². The molecule has 1 saturated heterocycles. The van der Waals surface area contributed by atoms with Gasteiger partial charge in [-0.2, -0.15) is 11.2 Å². The quantitative estimate of drug-likeness (QED) is 0.575. The maximum atomic E-state index is 2.43. The molecule has 0 bridgehead atoms. The van der Waals surface area contributed by atoms with E-state index in [2.05, 4.69) is 25.1 Å². The fraction of sp³-hybridized carbons (Fsp3) is 1.00. The SMILES string of the molecule is CCCC[Si]1(CCCC)CCCCS1. The average molecular weight is 230 g/mol. The van der Waals surface area contributed by atoms with Crippen molar-refractivity contribution in [3.63, 3.8) is 0 Å². The zero-order valence-electron chi connectivity index (χ0n) is 9.98. The van der Waals surface area contributed by atoms with E-state index in [9.17, 15) is 0 Å². The Bertz CT molecular complexity index is 131. The van der Waals surface area contributed by atoms with E-state index in [4.69, 9.17) is 0 Å². The van der Waals surface area contributed by atoms with E-state index in [-0.39, 0.29) is 0 Å². The van der Waals surface area contributed by atoms with Gasteiger partial charge in [-0.3, -0.25) is 0 Å². The van der Waals surface area contributed by atoms with Crippen LogP contribution in [0.15, 0.2) is 0 Å². The summed E-state index contributed by atoms with van der Waals surface area (Å²) in [5, 5.41) is 0. The van der Waals surface area contributed by atoms with Crippen molar-refractivity contribution in [2.75, 3.05) is 5.75 Å². The number of unbranched alkanes of at least 4 members (excludes halogenated alkanes) is 2. The Morgan fingerprint density at radius 1 is 1.00 bits per heavy atom. The summed E-state index contributed by atoms with van der Waals surface area (Å²) in [7, 11) is -0.808. The summed E-state index contributed by atoms with van der Waals surface area (Å²) in [5.41, 5.74) is 0. The van der Waals surface area contributed by atoms with Crippen molar-refractivity contribution in [3.05, 3.63) is 0 Å². The summed E-state index contributed by atoms with van der Waals surface area (Å²) in [6.45, 7) is 4.69. The molecule has 0 unspecified atom stereocenters.